The Morgan fingerprint density at radius 1 is 1.33 bits per heavy atom. The molecule has 1 atom stereocenters. The molecule has 5 heteroatoms. The van der Waals surface area contributed by atoms with Crippen LogP contribution in [0.5, 0.6) is 5.75 Å². The number of hydrogen-bond donors (Lipinski definition) is 0. The summed E-state index contributed by atoms with van der Waals surface area (Å²) < 4.78 is 7.34. The summed E-state index contributed by atoms with van der Waals surface area (Å²) in [6, 6.07) is 9.71. The van der Waals surface area contributed by atoms with E-state index in [1.807, 2.05) is 43.5 Å². The van der Waals surface area contributed by atoms with Crippen molar-refractivity contribution in [3.8, 4) is 5.75 Å². The number of nitrogens with zero attached hydrogens (tertiary/aromatic N) is 3. The molecule has 0 radical (unpaired) electrons. The predicted molar refractivity (Wildman–Crippen MR) is 70.8 cm³/mol. The van der Waals surface area contributed by atoms with Gasteiger partial charge in [-0.25, -0.2) is 4.68 Å². The maximum absolute atomic E-state index is 6.09. The Bertz CT molecular complexity index is 472. The summed E-state index contributed by atoms with van der Waals surface area (Å²) in [5.74, 6) is 0.863. The molecule has 2 rings (SSSR count). The number of benzene rings is 1. The van der Waals surface area contributed by atoms with E-state index in [2.05, 4.69) is 10.3 Å². The van der Waals surface area contributed by atoms with E-state index in [0.29, 0.717) is 13.2 Å². The monoisotopic (exact) mass is 265 g/mol. The van der Waals surface area contributed by atoms with Crippen LogP contribution < -0.4 is 4.74 Å². The van der Waals surface area contributed by atoms with E-state index >= 15 is 0 Å². The number of ether oxygens (including phenoxy) is 1. The maximum Gasteiger partial charge on any atom is 0.119 e. The smallest absolute Gasteiger partial charge is 0.119 e. The zero-order chi connectivity index (χ0) is 12.8. The third-order valence-corrected chi connectivity index (χ3v) is 3.10. The molecule has 0 spiro atoms. The first-order valence-electron chi connectivity index (χ1n) is 6.01. The minimum Gasteiger partial charge on any atom is -0.492 e. The number of hydrogen-bond acceptors (Lipinski definition) is 3. The SMILES string of the molecule is CCC(Cl)c1cn(CCOc2ccccc2)nn1. The van der Waals surface area contributed by atoms with Gasteiger partial charge in [-0.3, -0.25) is 0 Å². The molecule has 4 nitrogen and oxygen atoms in total. The van der Waals surface area contributed by atoms with Crippen LogP contribution >= 0.6 is 11.6 Å². The van der Waals surface area contributed by atoms with Crippen molar-refractivity contribution in [1.82, 2.24) is 15.0 Å². The first-order valence-corrected chi connectivity index (χ1v) is 6.45. The van der Waals surface area contributed by atoms with Crippen LogP contribution in [0.4, 0.5) is 0 Å². The first-order chi connectivity index (χ1) is 8.79. The Kier molecular flexibility index (Phi) is 4.59. The number of aromatic nitrogens is 3. The Balaban J connectivity index is 1.82. The van der Waals surface area contributed by atoms with Gasteiger partial charge in [0, 0.05) is 0 Å². The molecule has 0 N–H and O–H groups in total. The lowest BCUT2D eigenvalue weighted by atomic mass is 10.3. The maximum atomic E-state index is 6.09. The van der Waals surface area contributed by atoms with Crippen molar-refractivity contribution in [1.29, 1.82) is 0 Å². The van der Waals surface area contributed by atoms with Crippen LogP contribution in [0.25, 0.3) is 0 Å². The average molecular weight is 266 g/mol. The second-order valence-electron chi connectivity index (χ2n) is 3.94. The number of alkyl halides is 1. The Hall–Kier alpha value is -1.55. The van der Waals surface area contributed by atoms with E-state index in [1.54, 1.807) is 4.68 Å². The predicted octanol–water partition coefficient (Wildman–Crippen LogP) is 3.05. The van der Waals surface area contributed by atoms with Gasteiger partial charge in [-0.05, 0) is 18.6 Å². The minimum absolute atomic E-state index is 0.0613. The quantitative estimate of drug-likeness (QED) is 0.754. The highest BCUT2D eigenvalue weighted by Gasteiger charge is 2.09. The average Bonchev–Trinajstić information content (AvgIpc) is 2.88. The van der Waals surface area contributed by atoms with Crippen LogP contribution in [0.15, 0.2) is 36.5 Å². The van der Waals surface area contributed by atoms with Gasteiger partial charge in [-0.15, -0.1) is 16.7 Å². The number of para-hydroxylation sites is 1. The molecule has 1 unspecified atom stereocenters. The molecule has 0 saturated carbocycles. The fourth-order valence-corrected chi connectivity index (χ4v) is 1.65. The summed E-state index contributed by atoms with van der Waals surface area (Å²) in [4.78, 5) is 0. The second kappa shape index (κ2) is 6.40. The van der Waals surface area contributed by atoms with Gasteiger partial charge in [-0.2, -0.15) is 0 Å². The summed E-state index contributed by atoms with van der Waals surface area (Å²) in [5, 5.41) is 8.00. The van der Waals surface area contributed by atoms with Crippen molar-refractivity contribution >= 4 is 11.6 Å². The van der Waals surface area contributed by atoms with Crippen LogP contribution in [-0.4, -0.2) is 21.6 Å². The van der Waals surface area contributed by atoms with Crippen molar-refractivity contribution in [2.24, 2.45) is 0 Å². The Morgan fingerprint density at radius 2 is 2.11 bits per heavy atom. The van der Waals surface area contributed by atoms with Crippen molar-refractivity contribution in [2.75, 3.05) is 6.61 Å². The molecular formula is C13H16ClN3O. The highest BCUT2D eigenvalue weighted by atomic mass is 35.5. The zero-order valence-corrected chi connectivity index (χ0v) is 11.0. The van der Waals surface area contributed by atoms with Crippen LogP contribution in [0, 0.1) is 0 Å². The van der Waals surface area contributed by atoms with E-state index in [-0.39, 0.29) is 5.38 Å². The van der Waals surface area contributed by atoms with Gasteiger partial charge in [-0.1, -0.05) is 30.3 Å². The number of halogens is 1. The molecule has 1 aromatic heterocycles. The van der Waals surface area contributed by atoms with Gasteiger partial charge in [0.1, 0.15) is 18.1 Å². The van der Waals surface area contributed by atoms with Gasteiger partial charge in [0.05, 0.1) is 18.1 Å². The molecule has 0 saturated heterocycles. The summed E-state index contributed by atoms with van der Waals surface area (Å²) in [5.41, 5.74) is 0.818. The van der Waals surface area contributed by atoms with Crippen LogP contribution in [0.2, 0.25) is 0 Å². The third kappa shape index (κ3) is 3.47. The molecule has 0 aliphatic rings. The molecule has 0 aliphatic heterocycles. The topological polar surface area (TPSA) is 39.9 Å². The third-order valence-electron chi connectivity index (χ3n) is 2.57. The molecule has 0 bridgehead atoms. The van der Waals surface area contributed by atoms with Gasteiger partial charge in [0.25, 0.3) is 0 Å². The molecule has 18 heavy (non-hydrogen) atoms. The lowest BCUT2D eigenvalue weighted by Gasteiger charge is -2.05. The van der Waals surface area contributed by atoms with Crippen LogP contribution in [-0.2, 0) is 6.54 Å². The van der Waals surface area contributed by atoms with E-state index in [4.69, 9.17) is 16.3 Å². The van der Waals surface area contributed by atoms with Crippen molar-refractivity contribution in [3.05, 3.63) is 42.2 Å². The number of rotatable bonds is 6. The van der Waals surface area contributed by atoms with E-state index in [0.717, 1.165) is 17.9 Å². The fraction of sp³-hybridized carbons (Fsp3) is 0.385. The lowest BCUT2D eigenvalue weighted by Crippen LogP contribution is -2.08. The van der Waals surface area contributed by atoms with Gasteiger partial charge in [0.15, 0.2) is 0 Å². The highest BCUT2D eigenvalue weighted by molar-refractivity contribution is 6.20. The molecule has 1 heterocycles. The second-order valence-corrected chi connectivity index (χ2v) is 4.47. The van der Waals surface area contributed by atoms with Gasteiger partial charge < -0.3 is 4.74 Å². The summed E-state index contributed by atoms with van der Waals surface area (Å²) in [6.07, 6.45) is 2.72. The standard InChI is InChI=1S/C13H16ClN3O/c1-2-12(14)13-10-17(16-15-13)8-9-18-11-6-4-3-5-7-11/h3-7,10,12H,2,8-9H2,1H3. The van der Waals surface area contributed by atoms with E-state index in [1.165, 1.54) is 0 Å². The highest BCUT2D eigenvalue weighted by Crippen LogP contribution is 2.20. The molecule has 0 amide bonds. The fourth-order valence-electron chi connectivity index (χ4n) is 1.55. The van der Waals surface area contributed by atoms with Crippen LogP contribution in [0.1, 0.15) is 24.4 Å². The largest absolute Gasteiger partial charge is 0.492 e. The zero-order valence-electron chi connectivity index (χ0n) is 10.3. The molecular weight excluding hydrogens is 250 g/mol. The Morgan fingerprint density at radius 3 is 2.83 bits per heavy atom. The van der Waals surface area contributed by atoms with E-state index < -0.39 is 0 Å². The van der Waals surface area contributed by atoms with Gasteiger partial charge in [0.2, 0.25) is 0 Å². The van der Waals surface area contributed by atoms with Crippen molar-refractivity contribution in [2.45, 2.75) is 25.3 Å². The van der Waals surface area contributed by atoms with Crippen molar-refractivity contribution < 1.29 is 4.74 Å². The van der Waals surface area contributed by atoms with Crippen LogP contribution in [0.3, 0.4) is 0 Å². The summed E-state index contributed by atoms with van der Waals surface area (Å²) in [7, 11) is 0. The summed E-state index contributed by atoms with van der Waals surface area (Å²) >= 11 is 6.09. The van der Waals surface area contributed by atoms with E-state index in [9.17, 15) is 0 Å². The normalized spacial score (nSPS) is 12.3. The lowest BCUT2D eigenvalue weighted by molar-refractivity contribution is 0.289. The Labute approximate surface area is 112 Å². The first kappa shape index (κ1) is 12.9. The van der Waals surface area contributed by atoms with Gasteiger partial charge >= 0.3 is 0 Å². The molecule has 96 valence electrons. The minimum atomic E-state index is -0.0613. The molecule has 0 aliphatic carbocycles. The summed E-state index contributed by atoms with van der Waals surface area (Å²) in [6.45, 7) is 3.25. The molecule has 0 fully saturated rings. The van der Waals surface area contributed by atoms with Crippen molar-refractivity contribution in [3.63, 3.8) is 0 Å². The molecule has 2 aromatic rings. The molecule has 1 aromatic carbocycles.